The summed E-state index contributed by atoms with van der Waals surface area (Å²) < 4.78 is 4.97. The highest BCUT2D eigenvalue weighted by Crippen LogP contribution is 2.28. The van der Waals surface area contributed by atoms with Crippen molar-refractivity contribution >= 4 is 29.3 Å². The molecular formula is C19H21N3O5S. The molecule has 0 aromatic heterocycles. The molecule has 8 nitrogen and oxygen atoms in total. The summed E-state index contributed by atoms with van der Waals surface area (Å²) in [5.41, 5.74) is 2.00. The van der Waals surface area contributed by atoms with Crippen LogP contribution in [0.15, 0.2) is 42.5 Å². The Balaban J connectivity index is 1.83. The van der Waals surface area contributed by atoms with Crippen LogP contribution in [-0.2, 0) is 17.1 Å². The molecule has 2 aromatic carbocycles. The van der Waals surface area contributed by atoms with E-state index in [4.69, 9.17) is 4.74 Å². The van der Waals surface area contributed by atoms with Crippen molar-refractivity contribution in [3.63, 3.8) is 0 Å². The number of nitrogens with zero attached hydrogens (tertiary/aromatic N) is 1. The molecule has 0 bridgehead atoms. The third-order valence-electron chi connectivity index (χ3n) is 3.85. The van der Waals surface area contributed by atoms with Crippen molar-refractivity contribution in [3.8, 4) is 5.75 Å². The maximum atomic E-state index is 12.0. The Bertz CT molecular complexity index is 872. The van der Waals surface area contributed by atoms with E-state index in [-0.39, 0.29) is 29.0 Å². The lowest BCUT2D eigenvalue weighted by atomic mass is 10.1. The number of nitrogens with one attached hydrogen (secondary N) is 2. The van der Waals surface area contributed by atoms with Gasteiger partial charge in [-0.25, -0.2) is 0 Å². The first-order chi connectivity index (χ1) is 13.4. The summed E-state index contributed by atoms with van der Waals surface area (Å²) in [5, 5.41) is 16.4. The van der Waals surface area contributed by atoms with Gasteiger partial charge in [0.25, 0.3) is 5.91 Å². The van der Waals surface area contributed by atoms with Crippen molar-refractivity contribution in [1.82, 2.24) is 10.6 Å². The van der Waals surface area contributed by atoms with E-state index in [2.05, 4.69) is 10.6 Å². The minimum Gasteiger partial charge on any atom is -0.490 e. The fourth-order valence-corrected chi connectivity index (χ4v) is 3.25. The monoisotopic (exact) mass is 403 g/mol. The first-order valence-corrected chi connectivity index (χ1v) is 9.57. The molecule has 0 unspecified atom stereocenters. The summed E-state index contributed by atoms with van der Waals surface area (Å²) in [4.78, 5) is 34.2. The maximum absolute atomic E-state index is 12.0. The van der Waals surface area contributed by atoms with Gasteiger partial charge in [-0.2, -0.15) is 0 Å². The number of benzene rings is 2. The van der Waals surface area contributed by atoms with Gasteiger partial charge in [-0.15, -0.1) is 11.8 Å². The molecule has 0 radical (unpaired) electrons. The Hall–Kier alpha value is -3.07. The number of hydrogen-bond donors (Lipinski definition) is 2. The number of nitro benzene ring substituents is 1. The fourth-order valence-electron chi connectivity index (χ4n) is 2.45. The van der Waals surface area contributed by atoms with E-state index < -0.39 is 4.92 Å². The number of rotatable bonds is 9. The van der Waals surface area contributed by atoms with E-state index in [1.807, 2.05) is 6.07 Å². The molecule has 0 fully saturated rings. The topological polar surface area (TPSA) is 111 Å². The molecule has 28 heavy (non-hydrogen) atoms. The number of methoxy groups -OCH3 is 1. The van der Waals surface area contributed by atoms with Crippen LogP contribution < -0.4 is 15.4 Å². The number of carbonyl (C=O) groups is 2. The molecule has 2 amide bonds. The van der Waals surface area contributed by atoms with Crippen LogP contribution in [0.4, 0.5) is 5.69 Å². The van der Waals surface area contributed by atoms with E-state index in [0.717, 1.165) is 11.1 Å². The Labute approximate surface area is 166 Å². The van der Waals surface area contributed by atoms with Gasteiger partial charge in [-0.3, -0.25) is 19.7 Å². The van der Waals surface area contributed by atoms with E-state index in [0.29, 0.717) is 17.9 Å². The van der Waals surface area contributed by atoms with Crippen molar-refractivity contribution in [2.45, 2.75) is 12.3 Å². The minimum atomic E-state index is -0.493. The first kappa shape index (κ1) is 21.2. The van der Waals surface area contributed by atoms with Gasteiger partial charge in [-0.1, -0.05) is 18.2 Å². The number of thioether (sulfide) groups is 1. The lowest BCUT2D eigenvalue weighted by molar-refractivity contribution is -0.385. The summed E-state index contributed by atoms with van der Waals surface area (Å²) in [7, 11) is 2.94. The van der Waals surface area contributed by atoms with E-state index in [9.17, 15) is 19.7 Å². The van der Waals surface area contributed by atoms with E-state index >= 15 is 0 Å². The smallest absolute Gasteiger partial charge is 0.311 e. The average molecular weight is 403 g/mol. The molecule has 2 rings (SSSR count). The lowest BCUT2D eigenvalue weighted by Crippen LogP contribution is -2.25. The number of ether oxygens (including phenoxy) is 1. The summed E-state index contributed by atoms with van der Waals surface area (Å²) in [6.45, 7) is 0.318. The normalized spacial score (nSPS) is 10.2. The molecule has 9 heteroatoms. The highest BCUT2D eigenvalue weighted by molar-refractivity contribution is 7.99. The Kier molecular flexibility index (Phi) is 7.82. The molecule has 0 aliphatic rings. The lowest BCUT2D eigenvalue weighted by Gasteiger charge is -2.08. The van der Waals surface area contributed by atoms with Crippen molar-refractivity contribution in [2.24, 2.45) is 0 Å². The zero-order valence-electron chi connectivity index (χ0n) is 15.6. The molecule has 0 atom stereocenters. The van der Waals surface area contributed by atoms with Gasteiger partial charge in [0.1, 0.15) is 0 Å². The average Bonchev–Trinajstić information content (AvgIpc) is 2.71. The Morgan fingerprint density at radius 1 is 1.18 bits per heavy atom. The molecule has 2 N–H and O–H groups in total. The van der Waals surface area contributed by atoms with Gasteiger partial charge in [0.05, 0.1) is 17.8 Å². The highest BCUT2D eigenvalue weighted by atomic mass is 32.2. The van der Waals surface area contributed by atoms with Crippen LogP contribution in [0, 0.1) is 10.1 Å². The SMILES string of the molecule is CNC(=O)c1cccc(CNC(=O)CSCc2ccc(OC)c([N+](=O)[O-])c2)c1. The second-order valence-electron chi connectivity index (χ2n) is 5.81. The zero-order chi connectivity index (χ0) is 20.5. The maximum Gasteiger partial charge on any atom is 0.311 e. The molecule has 0 aliphatic carbocycles. The minimum absolute atomic E-state index is 0.0963. The summed E-state index contributed by atoms with van der Waals surface area (Å²) in [5.74, 6) is 0.547. The van der Waals surface area contributed by atoms with Crippen molar-refractivity contribution in [1.29, 1.82) is 0 Å². The molecule has 0 spiro atoms. The van der Waals surface area contributed by atoms with Crippen LogP contribution in [0.5, 0.6) is 5.75 Å². The highest BCUT2D eigenvalue weighted by Gasteiger charge is 2.15. The molecule has 0 saturated heterocycles. The van der Waals surface area contributed by atoms with Crippen LogP contribution >= 0.6 is 11.8 Å². The van der Waals surface area contributed by atoms with Gasteiger partial charge >= 0.3 is 5.69 Å². The second-order valence-corrected chi connectivity index (χ2v) is 6.80. The second kappa shape index (κ2) is 10.3. The van der Waals surface area contributed by atoms with E-state index in [1.54, 1.807) is 37.4 Å². The summed E-state index contributed by atoms with van der Waals surface area (Å²) >= 11 is 1.36. The summed E-state index contributed by atoms with van der Waals surface area (Å²) in [6, 6.07) is 11.8. The Morgan fingerprint density at radius 3 is 2.64 bits per heavy atom. The van der Waals surface area contributed by atoms with E-state index in [1.165, 1.54) is 24.9 Å². The quantitative estimate of drug-likeness (QED) is 0.492. The van der Waals surface area contributed by atoms with Gasteiger partial charge in [0.15, 0.2) is 5.75 Å². The van der Waals surface area contributed by atoms with Crippen LogP contribution in [0.25, 0.3) is 0 Å². The van der Waals surface area contributed by atoms with Gasteiger partial charge in [0, 0.05) is 31.0 Å². The first-order valence-electron chi connectivity index (χ1n) is 8.41. The fraction of sp³-hybridized carbons (Fsp3) is 0.263. The van der Waals surface area contributed by atoms with Crippen LogP contribution in [0.3, 0.4) is 0 Å². The van der Waals surface area contributed by atoms with Gasteiger partial charge in [0.2, 0.25) is 5.91 Å². The van der Waals surface area contributed by atoms with Gasteiger partial charge in [-0.05, 0) is 29.3 Å². The third-order valence-corrected chi connectivity index (χ3v) is 4.85. The number of carbonyl (C=O) groups excluding carboxylic acids is 2. The molecule has 148 valence electrons. The largest absolute Gasteiger partial charge is 0.490 e. The molecule has 0 saturated carbocycles. The number of hydrogen-bond acceptors (Lipinski definition) is 6. The Morgan fingerprint density at radius 2 is 1.96 bits per heavy atom. The van der Waals surface area contributed by atoms with Crippen LogP contribution in [-0.4, -0.2) is 36.6 Å². The van der Waals surface area contributed by atoms with Crippen molar-refractivity contribution in [2.75, 3.05) is 19.9 Å². The number of amides is 2. The summed E-state index contributed by atoms with van der Waals surface area (Å²) in [6.07, 6.45) is 0. The number of nitro groups is 1. The standard InChI is InChI=1S/C19H21N3O5S/c1-20-19(24)15-5-3-4-13(8-15)10-21-18(23)12-28-11-14-6-7-17(27-2)16(9-14)22(25)26/h3-9H,10-12H2,1-2H3,(H,20,24)(H,21,23). The zero-order valence-corrected chi connectivity index (χ0v) is 16.4. The molecule has 0 aliphatic heterocycles. The predicted molar refractivity (Wildman–Crippen MR) is 107 cm³/mol. The molecule has 0 heterocycles. The van der Waals surface area contributed by atoms with Crippen LogP contribution in [0.2, 0.25) is 0 Å². The molecular weight excluding hydrogens is 382 g/mol. The van der Waals surface area contributed by atoms with Crippen LogP contribution in [0.1, 0.15) is 21.5 Å². The molecule has 2 aromatic rings. The third kappa shape index (κ3) is 5.98. The predicted octanol–water partition coefficient (Wildman–Crippen LogP) is 2.51. The van der Waals surface area contributed by atoms with Crippen molar-refractivity contribution < 1.29 is 19.2 Å². The van der Waals surface area contributed by atoms with Gasteiger partial charge < -0.3 is 15.4 Å². The van der Waals surface area contributed by atoms with Crippen molar-refractivity contribution in [3.05, 3.63) is 69.3 Å².